The van der Waals surface area contributed by atoms with Crippen LogP contribution in [0.2, 0.25) is 0 Å². The number of aromatic nitrogens is 2. The second-order valence-corrected chi connectivity index (χ2v) is 7.43. The van der Waals surface area contributed by atoms with Crippen LogP contribution >= 0.6 is 0 Å². The van der Waals surface area contributed by atoms with E-state index in [0.717, 1.165) is 12.8 Å². The average Bonchev–Trinajstić information content (AvgIpc) is 3.22. The second-order valence-electron chi connectivity index (χ2n) is 7.43. The van der Waals surface area contributed by atoms with Crippen molar-refractivity contribution in [3.63, 3.8) is 0 Å². The minimum atomic E-state index is -0.494. The quantitative estimate of drug-likeness (QED) is 0.604. The molecular weight excluding hydrogens is 362 g/mol. The molecule has 2 fully saturated rings. The monoisotopic (exact) mass is 385 g/mol. The Morgan fingerprint density at radius 3 is 2.71 bits per heavy atom. The van der Waals surface area contributed by atoms with E-state index in [1.807, 2.05) is 0 Å². The van der Waals surface area contributed by atoms with Gasteiger partial charge >= 0.3 is 5.69 Å². The van der Waals surface area contributed by atoms with Gasteiger partial charge in [0.05, 0.1) is 4.92 Å². The van der Waals surface area contributed by atoms with E-state index in [9.17, 15) is 14.9 Å². The van der Waals surface area contributed by atoms with Crippen molar-refractivity contribution in [2.45, 2.75) is 50.5 Å². The topological polar surface area (TPSA) is 103 Å². The molecule has 2 aromatic rings. The third kappa shape index (κ3) is 3.70. The highest BCUT2D eigenvalue weighted by Gasteiger charge is 2.38. The van der Waals surface area contributed by atoms with Crippen molar-refractivity contribution >= 4 is 11.6 Å². The van der Waals surface area contributed by atoms with E-state index in [-0.39, 0.29) is 30.1 Å². The van der Waals surface area contributed by atoms with E-state index in [4.69, 9.17) is 4.74 Å². The van der Waals surface area contributed by atoms with Crippen LogP contribution in [0.5, 0.6) is 5.75 Å². The Balaban J connectivity index is 1.34. The van der Waals surface area contributed by atoms with Crippen LogP contribution in [0.4, 0.5) is 5.69 Å². The smallest absolute Gasteiger partial charge is 0.311 e. The molecule has 1 aromatic carbocycles. The lowest BCUT2D eigenvalue weighted by molar-refractivity contribution is -0.386. The average molecular weight is 385 g/mol. The molecule has 2 aliphatic rings. The number of fused-ring (bicyclic) bond motifs is 2. The number of nitro groups is 1. The lowest BCUT2D eigenvalue weighted by Crippen LogP contribution is -2.48. The maximum atomic E-state index is 12.5. The van der Waals surface area contributed by atoms with E-state index in [1.54, 1.807) is 24.4 Å². The summed E-state index contributed by atoms with van der Waals surface area (Å²) in [4.78, 5) is 25.5. The normalized spacial score (nSPS) is 24.1. The summed E-state index contributed by atoms with van der Waals surface area (Å²) in [7, 11) is 2.17. The third-order valence-electron chi connectivity index (χ3n) is 5.72. The number of hydrogen-bond acceptors (Lipinski definition) is 6. The zero-order chi connectivity index (χ0) is 19.7. The van der Waals surface area contributed by atoms with Gasteiger partial charge in [-0.2, -0.15) is 5.10 Å². The van der Waals surface area contributed by atoms with Gasteiger partial charge in [-0.15, -0.1) is 0 Å². The minimum absolute atomic E-state index is 0.0174. The molecule has 0 aliphatic carbocycles. The molecule has 2 atom stereocenters. The number of nitrogens with one attached hydrogen (secondary N) is 1. The molecule has 2 bridgehead atoms. The van der Waals surface area contributed by atoms with Gasteiger partial charge in [-0.25, -0.2) is 4.68 Å². The first kappa shape index (κ1) is 18.4. The third-order valence-corrected chi connectivity index (χ3v) is 5.72. The fourth-order valence-electron chi connectivity index (χ4n) is 4.21. The summed E-state index contributed by atoms with van der Waals surface area (Å²) < 4.78 is 6.95. The predicted molar refractivity (Wildman–Crippen MR) is 101 cm³/mol. The number of amides is 1. The second kappa shape index (κ2) is 7.59. The summed E-state index contributed by atoms with van der Waals surface area (Å²) in [5.74, 6) is -0.0332. The number of nitrogens with zero attached hydrogens (tertiary/aromatic N) is 4. The molecule has 148 valence electrons. The molecule has 1 amide bonds. The molecule has 1 aromatic heterocycles. The van der Waals surface area contributed by atoms with Crippen LogP contribution in [0.3, 0.4) is 0 Å². The van der Waals surface area contributed by atoms with E-state index in [0.29, 0.717) is 17.8 Å². The van der Waals surface area contributed by atoms with E-state index in [2.05, 4.69) is 22.4 Å². The van der Waals surface area contributed by atoms with Gasteiger partial charge in [0.25, 0.3) is 5.91 Å². The molecule has 3 heterocycles. The van der Waals surface area contributed by atoms with Gasteiger partial charge in [0.1, 0.15) is 5.69 Å². The van der Waals surface area contributed by atoms with Crippen molar-refractivity contribution in [2.24, 2.45) is 0 Å². The summed E-state index contributed by atoms with van der Waals surface area (Å²) in [6.45, 7) is -0.0174. The van der Waals surface area contributed by atoms with Gasteiger partial charge in [0, 0.05) is 30.4 Å². The number of para-hydroxylation sites is 2. The van der Waals surface area contributed by atoms with Crippen molar-refractivity contribution < 1.29 is 14.5 Å². The van der Waals surface area contributed by atoms with Crippen molar-refractivity contribution in [3.8, 4) is 5.75 Å². The van der Waals surface area contributed by atoms with Crippen LogP contribution in [0.15, 0.2) is 36.5 Å². The Morgan fingerprint density at radius 2 is 2.00 bits per heavy atom. The Bertz CT molecular complexity index is 869. The number of piperidine rings is 1. The molecule has 0 spiro atoms. The lowest BCUT2D eigenvalue weighted by Gasteiger charge is -2.36. The summed E-state index contributed by atoms with van der Waals surface area (Å²) in [6, 6.07) is 9.07. The highest BCUT2D eigenvalue weighted by molar-refractivity contribution is 5.92. The largest absolute Gasteiger partial charge is 0.464 e. The SMILES string of the molecule is CN1C2CCC1CC(NC(=O)c1ccn(COc3ccccc3[N+](=O)[O-])n1)C2. The summed E-state index contributed by atoms with van der Waals surface area (Å²) in [6.07, 6.45) is 5.97. The zero-order valence-electron chi connectivity index (χ0n) is 15.7. The number of benzene rings is 1. The summed E-state index contributed by atoms with van der Waals surface area (Å²) >= 11 is 0. The van der Waals surface area contributed by atoms with Crippen molar-refractivity contribution in [3.05, 3.63) is 52.3 Å². The summed E-state index contributed by atoms with van der Waals surface area (Å²) in [5.41, 5.74) is 0.210. The van der Waals surface area contributed by atoms with Gasteiger partial charge in [-0.1, -0.05) is 12.1 Å². The number of carbonyl (C=O) groups is 1. The Morgan fingerprint density at radius 1 is 1.29 bits per heavy atom. The Hall–Kier alpha value is -2.94. The zero-order valence-corrected chi connectivity index (χ0v) is 15.7. The van der Waals surface area contributed by atoms with Crippen molar-refractivity contribution in [2.75, 3.05) is 7.05 Å². The maximum Gasteiger partial charge on any atom is 0.311 e. The molecular formula is C19H23N5O4. The molecule has 2 unspecified atom stereocenters. The molecule has 4 rings (SSSR count). The van der Waals surface area contributed by atoms with Crippen LogP contribution in [-0.4, -0.2) is 50.7 Å². The Kier molecular flexibility index (Phi) is 4.99. The van der Waals surface area contributed by atoms with Crippen LogP contribution < -0.4 is 10.1 Å². The van der Waals surface area contributed by atoms with Gasteiger partial charge < -0.3 is 15.0 Å². The summed E-state index contributed by atoms with van der Waals surface area (Å²) in [5, 5.41) is 18.4. The first-order chi connectivity index (χ1) is 13.5. The molecule has 28 heavy (non-hydrogen) atoms. The van der Waals surface area contributed by atoms with Crippen molar-refractivity contribution in [1.82, 2.24) is 20.0 Å². The number of rotatable bonds is 6. The van der Waals surface area contributed by atoms with E-state index < -0.39 is 4.92 Å². The molecule has 0 saturated carbocycles. The molecule has 0 radical (unpaired) electrons. The van der Waals surface area contributed by atoms with Gasteiger partial charge in [-0.3, -0.25) is 14.9 Å². The number of hydrogen-bond donors (Lipinski definition) is 1. The van der Waals surface area contributed by atoms with Crippen LogP contribution in [0, 0.1) is 10.1 Å². The first-order valence-electron chi connectivity index (χ1n) is 9.43. The molecule has 2 saturated heterocycles. The van der Waals surface area contributed by atoms with Gasteiger partial charge in [0.15, 0.2) is 12.5 Å². The number of carbonyl (C=O) groups excluding carboxylic acids is 1. The fraction of sp³-hybridized carbons (Fsp3) is 0.474. The highest BCUT2D eigenvalue weighted by Crippen LogP contribution is 2.34. The molecule has 9 nitrogen and oxygen atoms in total. The molecule has 9 heteroatoms. The number of ether oxygens (including phenoxy) is 1. The van der Waals surface area contributed by atoms with Crippen LogP contribution in [0.1, 0.15) is 36.2 Å². The van der Waals surface area contributed by atoms with Crippen molar-refractivity contribution in [1.29, 1.82) is 0 Å². The lowest BCUT2D eigenvalue weighted by atomic mass is 9.98. The molecule has 1 N–H and O–H groups in total. The number of nitro benzene ring substituents is 1. The van der Waals surface area contributed by atoms with Crippen LogP contribution in [0.25, 0.3) is 0 Å². The fourth-order valence-corrected chi connectivity index (χ4v) is 4.21. The Labute approximate surface area is 162 Å². The maximum absolute atomic E-state index is 12.5. The predicted octanol–water partition coefficient (Wildman–Crippen LogP) is 2.18. The minimum Gasteiger partial charge on any atom is -0.464 e. The van der Waals surface area contributed by atoms with Crippen LogP contribution in [-0.2, 0) is 6.73 Å². The first-order valence-corrected chi connectivity index (χ1v) is 9.43. The highest BCUT2D eigenvalue weighted by atomic mass is 16.6. The standard InChI is InChI=1S/C19H23N5O4/c1-22-14-6-7-15(22)11-13(10-14)20-19(25)16-8-9-23(21-16)12-28-18-5-3-2-4-17(18)24(26)27/h2-5,8-9,13-15H,6-7,10-12H2,1H3,(H,20,25). The molecule has 2 aliphatic heterocycles. The van der Waals surface area contributed by atoms with Gasteiger partial charge in [-0.05, 0) is 44.9 Å². The van der Waals surface area contributed by atoms with Gasteiger partial charge in [0.2, 0.25) is 0 Å². The van der Waals surface area contributed by atoms with E-state index >= 15 is 0 Å². The van der Waals surface area contributed by atoms with E-state index in [1.165, 1.54) is 29.7 Å².